The summed E-state index contributed by atoms with van der Waals surface area (Å²) in [5.74, 6) is 2.51. The van der Waals surface area contributed by atoms with Crippen LogP contribution in [0.25, 0.3) is 0 Å². The van der Waals surface area contributed by atoms with Crippen LogP contribution in [0, 0.1) is 18.4 Å². The van der Waals surface area contributed by atoms with Gasteiger partial charge >= 0.3 is 0 Å². The number of hydrogen-bond donors (Lipinski definition) is 2. The zero-order valence-corrected chi connectivity index (χ0v) is 9.10. The first-order chi connectivity index (χ1) is 6.38. The van der Waals surface area contributed by atoms with Crippen molar-refractivity contribution in [1.29, 1.82) is 0 Å². The van der Waals surface area contributed by atoms with Gasteiger partial charge in [-0.3, -0.25) is 0 Å². The average molecular weight is 200 g/mol. The fraction of sp³-hybridized carbons (Fsp3) is 0.909. The minimum atomic E-state index is 0.693. The Balaban J connectivity index is 2.28. The average Bonchev–Trinajstić information content (AvgIpc) is 2.17. The van der Waals surface area contributed by atoms with Crippen LogP contribution in [-0.2, 0) is 0 Å². The van der Waals surface area contributed by atoms with Gasteiger partial charge in [0, 0.05) is 0 Å². The fourth-order valence-electron chi connectivity index (χ4n) is 2.40. The van der Waals surface area contributed by atoms with Crippen molar-refractivity contribution in [2.45, 2.75) is 44.9 Å². The van der Waals surface area contributed by atoms with Crippen LogP contribution in [0.3, 0.4) is 0 Å². The minimum absolute atomic E-state index is 0.693. The van der Waals surface area contributed by atoms with Crippen LogP contribution in [0.5, 0.6) is 0 Å². The molecule has 76 valence electrons. The summed E-state index contributed by atoms with van der Waals surface area (Å²) in [4.78, 5) is 0. The van der Waals surface area contributed by atoms with Crippen molar-refractivity contribution < 1.29 is 5.11 Å². The number of aliphatic hydroxyl groups is 1. The minimum Gasteiger partial charge on any atom is -0.384 e. The van der Waals surface area contributed by atoms with Gasteiger partial charge in [-0.2, -0.15) is 12.6 Å². The molecule has 1 aliphatic rings. The van der Waals surface area contributed by atoms with Gasteiger partial charge in [0.2, 0.25) is 0 Å². The molecule has 2 heteroatoms. The monoisotopic (exact) mass is 200 g/mol. The highest BCUT2D eigenvalue weighted by molar-refractivity contribution is 7.80. The molecule has 2 radical (unpaired) electrons. The maximum atomic E-state index is 8.70. The van der Waals surface area contributed by atoms with E-state index >= 15 is 0 Å². The Hall–Kier alpha value is 0.310. The third-order valence-electron chi connectivity index (χ3n) is 3.15. The maximum absolute atomic E-state index is 8.70. The molecule has 0 saturated heterocycles. The number of thiol groups is 1. The standard InChI is InChI=1S/C11H20OS/c12-8-7-11-5-2-1-4-10(11)6-3-9-13/h10-13H,1-7,9H2. The van der Waals surface area contributed by atoms with Crippen LogP contribution >= 0.6 is 12.6 Å². The van der Waals surface area contributed by atoms with Crippen LogP contribution < -0.4 is 0 Å². The molecule has 0 heterocycles. The van der Waals surface area contributed by atoms with Crippen molar-refractivity contribution in [1.82, 2.24) is 0 Å². The lowest BCUT2D eigenvalue weighted by atomic mass is 9.75. The Bertz CT molecular complexity index is 125. The second kappa shape index (κ2) is 6.72. The van der Waals surface area contributed by atoms with Gasteiger partial charge in [0.1, 0.15) is 6.61 Å². The van der Waals surface area contributed by atoms with Crippen LogP contribution in [0.2, 0.25) is 0 Å². The summed E-state index contributed by atoms with van der Waals surface area (Å²) in [5.41, 5.74) is 0. The number of aliphatic hydroxyl groups excluding tert-OH is 1. The predicted octanol–water partition coefficient (Wildman–Crippen LogP) is 3.30. The van der Waals surface area contributed by atoms with Gasteiger partial charge in [-0.25, -0.2) is 0 Å². The first-order valence-corrected chi connectivity index (χ1v) is 5.99. The van der Waals surface area contributed by atoms with Crippen molar-refractivity contribution in [2.75, 3.05) is 5.75 Å². The van der Waals surface area contributed by atoms with Gasteiger partial charge in [0.25, 0.3) is 0 Å². The summed E-state index contributed by atoms with van der Waals surface area (Å²) in [6.45, 7) is 2.32. The zero-order valence-electron chi connectivity index (χ0n) is 8.21. The summed E-state index contributed by atoms with van der Waals surface area (Å²) in [5, 5.41) is 8.70. The fourth-order valence-corrected chi connectivity index (χ4v) is 2.59. The summed E-state index contributed by atoms with van der Waals surface area (Å²) < 4.78 is 0. The SMILES string of the molecule is O[C]CC1CCCCC1CCCS. The lowest BCUT2D eigenvalue weighted by molar-refractivity contribution is 0.196. The third-order valence-corrected chi connectivity index (χ3v) is 3.47. The summed E-state index contributed by atoms with van der Waals surface area (Å²) in [6.07, 6.45) is 8.62. The normalized spacial score (nSPS) is 29.1. The summed E-state index contributed by atoms with van der Waals surface area (Å²) in [7, 11) is 0. The smallest absolute Gasteiger partial charge is 0.128 e. The van der Waals surface area contributed by atoms with Crippen molar-refractivity contribution in [3.05, 3.63) is 6.61 Å². The predicted molar refractivity (Wildman–Crippen MR) is 58.3 cm³/mol. The second-order valence-corrected chi connectivity index (χ2v) is 4.48. The molecule has 1 fully saturated rings. The third kappa shape index (κ3) is 3.90. The van der Waals surface area contributed by atoms with E-state index in [9.17, 15) is 0 Å². The van der Waals surface area contributed by atoms with Crippen LogP contribution in [0.15, 0.2) is 0 Å². The largest absolute Gasteiger partial charge is 0.384 e. The van der Waals surface area contributed by atoms with Gasteiger partial charge in [-0.1, -0.05) is 25.7 Å². The van der Waals surface area contributed by atoms with Crippen LogP contribution in [-0.4, -0.2) is 10.9 Å². The molecule has 0 aromatic carbocycles. The molecule has 0 aromatic rings. The van der Waals surface area contributed by atoms with E-state index in [1.54, 1.807) is 0 Å². The first-order valence-electron chi connectivity index (χ1n) is 5.36. The number of rotatable bonds is 5. The molecule has 2 atom stereocenters. The first kappa shape index (κ1) is 11.4. The Labute approximate surface area is 87.3 Å². The molecular formula is C11H20OS. The Morgan fingerprint density at radius 2 is 1.92 bits per heavy atom. The van der Waals surface area contributed by atoms with E-state index in [1.165, 1.54) is 38.5 Å². The van der Waals surface area contributed by atoms with E-state index in [1.807, 2.05) is 0 Å². The molecule has 2 unspecified atom stereocenters. The van der Waals surface area contributed by atoms with Crippen molar-refractivity contribution >= 4 is 12.6 Å². The highest BCUT2D eigenvalue weighted by Crippen LogP contribution is 2.35. The second-order valence-electron chi connectivity index (χ2n) is 4.03. The van der Waals surface area contributed by atoms with Crippen molar-refractivity contribution in [3.8, 4) is 0 Å². The molecule has 0 amide bonds. The van der Waals surface area contributed by atoms with Crippen molar-refractivity contribution in [3.63, 3.8) is 0 Å². The molecule has 0 aliphatic heterocycles. The number of hydrogen-bond acceptors (Lipinski definition) is 2. The molecule has 1 rings (SSSR count). The Morgan fingerprint density at radius 1 is 1.23 bits per heavy atom. The van der Waals surface area contributed by atoms with Gasteiger partial charge in [0.15, 0.2) is 0 Å². The van der Waals surface area contributed by atoms with Crippen LogP contribution in [0.4, 0.5) is 0 Å². The highest BCUT2D eigenvalue weighted by atomic mass is 32.1. The molecule has 13 heavy (non-hydrogen) atoms. The van der Waals surface area contributed by atoms with Gasteiger partial charge < -0.3 is 5.11 Å². The zero-order chi connectivity index (χ0) is 9.52. The molecule has 0 spiro atoms. The van der Waals surface area contributed by atoms with Gasteiger partial charge in [-0.05, 0) is 36.9 Å². The molecule has 0 bridgehead atoms. The topological polar surface area (TPSA) is 20.2 Å². The van der Waals surface area contributed by atoms with E-state index in [0.717, 1.165) is 18.1 Å². The molecule has 1 nitrogen and oxygen atoms in total. The lowest BCUT2D eigenvalue weighted by Crippen LogP contribution is -2.19. The molecule has 1 N–H and O–H groups in total. The van der Waals surface area contributed by atoms with Gasteiger partial charge in [0.05, 0.1) is 0 Å². The van der Waals surface area contributed by atoms with E-state index in [4.69, 9.17) is 5.11 Å². The van der Waals surface area contributed by atoms with Crippen molar-refractivity contribution in [2.24, 2.45) is 11.8 Å². The van der Waals surface area contributed by atoms with E-state index < -0.39 is 0 Å². The lowest BCUT2D eigenvalue weighted by Gasteiger charge is -2.30. The summed E-state index contributed by atoms with van der Waals surface area (Å²) in [6, 6.07) is 0. The van der Waals surface area contributed by atoms with E-state index in [-0.39, 0.29) is 0 Å². The molecular weight excluding hydrogens is 180 g/mol. The van der Waals surface area contributed by atoms with Crippen LogP contribution in [0.1, 0.15) is 44.9 Å². The molecule has 1 aliphatic carbocycles. The Kier molecular flexibility index (Phi) is 5.88. The van der Waals surface area contributed by atoms with E-state index in [0.29, 0.717) is 5.92 Å². The molecule has 1 saturated carbocycles. The Morgan fingerprint density at radius 3 is 2.54 bits per heavy atom. The molecule has 0 aromatic heterocycles. The summed E-state index contributed by atoms with van der Waals surface area (Å²) >= 11 is 4.24. The highest BCUT2D eigenvalue weighted by Gasteiger charge is 2.23. The van der Waals surface area contributed by atoms with Gasteiger partial charge in [-0.15, -0.1) is 0 Å². The van der Waals surface area contributed by atoms with E-state index in [2.05, 4.69) is 19.2 Å². The maximum Gasteiger partial charge on any atom is 0.128 e. The quantitative estimate of drug-likeness (QED) is 0.652.